The number of nitrogens with two attached hydrogens (primary N) is 1. The Hall–Kier alpha value is -1.55. The van der Waals surface area contributed by atoms with Crippen molar-refractivity contribution in [1.29, 1.82) is 0 Å². The Morgan fingerprint density at radius 2 is 1.95 bits per heavy atom. The lowest BCUT2D eigenvalue weighted by atomic mass is 10.0. The highest BCUT2D eigenvalue weighted by molar-refractivity contribution is 6.33. The molecule has 3 nitrogen and oxygen atoms in total. The van der Waals surface area contributed by atoms with E-state index < -0.39 is 0 Å². The van der Waals surface area contributed by atoms with E-state index in [9.17, 15) is 0 Å². The van der Waals surface area contributed by atoms with E-state index in [0.29, 0.717) is 10.0 Å². The van der Waals surface area contributed by atoms with Crippen molar-refractivity contribution in [3.63, 3.8) is 0 Å². The minimum absolute atomic E-state index is 0.355. The average Bonchev–Trinajstić information content (AvgIpc) is 2.84. The van der Waals surface area contributed by atoms with Crippen LogP contribution in [0, 0.1) is 0 Å². The van der Waals surface area contributed by atoms with Gasteiger partial charge in [0.05, 0.1) is 17.8 Å². The molecular weight excluding hydrogens is 281 g/mol. The van der Waals surface area contributed by atoms with Gasteiger partial charge in [-0.1, -0.05) is 29.3 Å². The van der Waals surface area contributed by atoms with Crippen LogP contribution in [-0.2, 0) is 0 Å². The number of halogens is 2. The number of rotatable bonds is 2. The lowest BCUT2D eigenvalue weighted by Gasteiger charge is -2.13. The van der Waals surface area contributed by atoms with Crippen LogP contribution >= 0.6 is 23.2 Å². The minimum atomic E-state index is -0.355. The van der Waals surface area contributed by atoms with E-state index in [1.807, 2.05) is 24.4 Å². The molecule has 19 heavy (non-hydrogen) atoms. The molecule has 0 amide bonds. The Bertz CT molecular complexity index is 736. The molecule has 2 heterocycles. The topological polar surface area (TPSA) is 43.3 Å². The first-order chi connectivity index (χ1) is 9.16. The molecule has 0 saturated heterocycles. The molecule has 1 atom stereocenters. The number of benzene rings is 1. The summed E-state index contributed by atoms with van der Waals surface area (Å²) in [7, 11) is 0. The summed E-state index contributed by atoms with van der Waals surface area (Å²) >= 11 is 12.2. The maximum Gasteiger partial charge on any atom is 0.0712 e. The summed E-state index contributed by atoms with van der Waals surface area (Å²) in [5, 5.41) is 5.50. The first kappa shape index (κ1) is 12.5. The molecule has 1 unspecified atom stereocenters. The van der Waals surface area contributed by atoms with E-state index in [1.54, 1.807) is 28.9 Å². The fourth-order valence-electron chi connectivity index (χ4n) is 2.11. The van der Waals surface area contributed by atoms with E-state index in [1.165, 1.54) is 0 Å². The highest BCUT2D eigenvalue weighted by Gasteiger charge is 2.17. The summed E-state index contributed by atoms with van der Waals surface area (Å²) in [6.45, 7) is 0. The van der Waals surface area contributed by atoms with E-state index in [4.69, 9.17) is 28.9 Å². The van der Waals surface area contributed by atoms with Crippen LogP contribution in [0.3, 0.4) is 0 Å². The van der Waals surface area contributed by atoms with Crippen molar-refractivity contribution >= 4 is 28.7 Å². The second-order valence-corrected chi connectivity index (χ2v) is 5.12. The largest absolute Gasteiger partial charge is 0.320 e. The van der Waals surface area contributed by atoms with Gasteiger partial charge in [0.1, 0.15) is 0 Å². The second-order valence-electron chi connectivity index (χ2n) is 4.27. The molecule has 0 fully saturated rings. The molecule has 0 aliphatic rings. The van der Waals surface area contributed by atoms with Gasteiger partial charge in [-0.05, 0) is 35.9 Å². The summed E-state index contributed by atoms with van der Waals surface area (Å²) in [6, 6.07) is 10.8. The van der Waals surface area contributed by atoms with Crippen molar-refractivity contribution in [3.8, 4) is 0 Å². The third kappa shape index (κ3) is 2.21. The number of hydrogen-bond acceptors (Lipinski definition) is 2. The number of nitrogens with zero attached hydrogens (tertiary/aromatic N) is 2. The zero-order valence-corrected chi connectivity index (χ0v) is 11.4. The second kappa shape index (κ2) is 4.85. The normalized spacial score (nSPS) is 12.8. The van der Waals surface area contributed by atoms with Crippen LogP contribution in [0.4, 0.5) is 0 Å². The van der Waals surface area contributed by atoms with Gasteiger partial charge < -0.3 is 5.73 Å². The Morgan fingerprint density at radius 1 is 1.11 bits per heavy atom. The molecule has 0 radical (unpaired) electrons. The zero-order valence-electron chi connectivity index (χ0n) is 9.92. The van der Waals surface area contributed by atoms with Crippen molar-refractivity contribution in [1.82, 2.24) is 9.61 Å². The predicted octanol–water partition coefficient (Wildman–Crippen LogP) is 3.69. The maximum atomic E-state index is 6.30. The Kier molecular flexibility index (Phi) is 3.19. The molecule has 0 spiro atoms. The van der Waals surface area contributed by atoms with Crippen LogP contribution in [-0.4, -0.2) is 9.61 Å². The predicted molar refractivity (Wildman–Crippen MR) is 77.7 cm³/mol. The van der Waals surface area contributed by atoms with Gasteiger partial charge in [0.15, 0.2) is 0 Å². The Balaban J connectivity index is 2.13. The first-order valence-electron chi connectivity index (χ1n) is 5.79. The van der Waals surface area contributed by atoms with Gasteiger partial charge in [-0.3, -0.25) is 0 Å². The fraction of sp³-hybridized carbons (Fsp3) is 0.0714. The molecule has 2 aromatic heterocycles. The van der Waals surface area contributed by atoms with E-state index >= 15 is 0 Å². The molecular formula is C14H11Cl2N3. The van der Waals surface area contributed by atoms with Gasteiger partial charge in [-0.25, -0.2) is 4.52 Å². The molecule has 1 aromatic carbocycles. The number of pyridine rings is 1. The minimum Gasteiger partial charge on any atom is -0.320 e. The highest BCUT2D eigenvalue weighted by Crippen LogP contribution is 2.30. The standard InChI is InChI=1S/C14H11Cl2N3/c15-9-4-5-12(16)10(7-9)14(17)11-8-18-19-6-2-1-3-13(11)19/h1-8,14H,17H2. The Morgan fingerprint density at radius 3 is 2.79 bits per heavy atom. The summed E-state index contributed by atoms with van der Waals surface area (Å²) < 4.78 is 1.79. The molecule has 3 aromatic rings. The van der Waals surface area contributed by atoms with Gasteiger partial charge >= 0.3 is 0 Å². The third-order valence-electron chi connectivity index (χ3n) is 3.08. The highest BCUT2D eigenvalue weighted by atomic mass is 35.5. The smallest absolute Gasteiger partial charge is 0.0712 e. The van der Waals surface area contributed by atoms with Crippen LogP contribution in [0.25, 0.3) is 5.52 Å². The number of hydrogen-bond donors (Lipinski definition) is 1. The summed E-state index contributed by atoms with van der Waals surface area (Å²) in [6.07, 6.45) is 3.64. The van der Waals surface area contributed by atoms with E-state index in [-0.39, 0.29) is 6.04 Å². The molecule has 2 N–H and O–H groups in total. The first-order valence-corrected chi connectivity index (χ1v) is 6.55. The number of aromatic nitrogens is 2. The molecule has 0 aliphatic carbocycles. The van der Waals surface area contributed by atoms with Crippen molar-refractivity contribution in [2.75, 3.05) is 0 Å². The molecule has 3 rings (SSSR count). The van der Waals surface area contributed by atoms with Gasteiger partial charge in [0.2, 0.25) is 0 Å². The summed E-state index contributed by atoms with van der Waals surface area (Å²) in [4.78, 5) is 0. The van der Waals surface area contributed by atoms with Crippen LogP contribution in [0.1, 0.15) is 17.2 Å². The third-order valence-corrected chi connectivity index (χ3v) is 3.66. The quantitative estimate of drug-likeness (QED) is 0.782. The zero-order chi connectivity index (χ0) is 13.4. The van der Waals surface area contributed by atoms with Crippen molar-refractivity contribution < 1.29 is 0 Å². The Labute approximate surface area is 120 Å². The lowest BCUT2D eigenvalue weighted by molar-refractivity contribution is 0.880. The van der Waals surface area contributed by atoms with Crippen molar-refractivity contribution in [3.05, 3.63) is 70.0 Å². The van der Waals surface area contributed by atoms with Crippen LogP contribution in [0.2, 0.25) is 10.0 Å². The molecule has 0 saturated carbocycles. The van der Waals surface area contributed by atoms with E-state index in [0.717, 1.165) is 16.6 Å². The monoisotopic (exact) mass is 291 g/mol. The van der Waals surface area contributed by atoms with Gasteiger partial charge in [-0.15, -0.1) is 0 Å². The van der Waals surface area contributed by atoms with Crippen LogP contribution in [0.5, 0.6) is 0 Å². The van der Waals surface area contributed by atoms with Gasteiger partial charge in [0.25, 0.3) is 0 Å². The van der Waals surface area contributed by atoms with Crippen molar-refractivity contribution in [2.45, 2.75) is 6.04 Å². The van der Waals surface area contributed by atoms with Gasteiger partial charge in [-0.2, -0.15) is 5.10 Å². The molecule has 0 bridgehead atoms. The molecule has 96 valence electrons. The SMILES string of the molecule is NC(c1cc(Cl)ccc1Cl)c1cnn2ccccc12. The van der Waals surface area contributed by atoms with Crippen molar-refractivity contribution in [2.24, 2.45) is 5.73 Å². The lowest BCUT2D eigenvalue weighted by Crippen LogP contribution is -2.12. The molecule has 5 heteroatoms. The fourth-order valence-corrected chi connectivity index (χ4v) is 2.53. The van der Waals surface area contributed by atoms with Gasteiger partial charge in [0, 0.05) is 21.8 Å². The van der Waals surface area contributed by atoms with Crippen LogP contribution in [0.15, 0.2) is 48.8 Å². The summed E-state index contributed by atoms with van der Waals surface area (Å²) in [5.41, 5.74) is 8.98. The summed E-state index contributed by atoms with van der Waals surface area (Å²) in [5.74, 6) is 0. The van der Waals surface area contributed by atoms with E-state index in [2.05, 4.69) is 5.10 Å². The number of fused-ring (bicyclic) bond motifs is 1. The average molecular weight is 292 g/mol. The van der Waals surface area contributed by atoms with Crippen LogP contribution < -0.4 is 5.73 Å². The molecule has 0 aliphatic heterocycles. The maximum absolute atomic E-state index is 6.30.